The van der Waals surface area contributed by atoms with E-state index in [1.54, 1.807) is 0 Å². The Morgan fingerprint density at radius 1 is 1.38 bits per heavy atom. The maximum atomic E-state index is 9.40. The van der Waals surface area contributed by atoms with Crippen molar-refractivity contribution in [3.05, 3.63) is 0 Å². The first kappa shape index (κ1) is 10.8. The smallest absolute Gasteiger partial charge is 0.175 e. The van der Waals surface area contributed by atoms with Crippen LogP contribution in [0.25, 0.3) is 0 Å². The Morgan fingerprint density at radius 2 is 2.00 bits per heavy atom. The third kappa shape index (κ3) is 1.98. The standard InChI is InChI=1S/C7H15NO5/c1-12-7-4(8)6(11)5(10)3(2-9)13-7/h3-7,9-11H,2,8H2,1H3/t3-,4-,5-,6+,7+/m1/s1. The van der Waals surface area contributed by atoms with Gasteiger partial charge in [0.2, 0.25) is 0 Å². The van der Waals surface area contributed by atoms with Gasteiger partial charge in [-0.05, 0) is 0 Å². The minimum Gasteiger partial charge on any atom is -0.394 e. The molecule has 13 heavy (non-hydrogen) atoms. The number of methoxy groups -OCH3 is 1. The van der Waals surface area contributed by atoms with Crippen molar-refractivity contribution in [2.75, 3.05) is 13.7 Å². The van der Waals surface area contributed by atoms with Gasteiger partial charge in [-0.3, -0.25) is 0 Å². The van der Waals surface area contributed by atoms with Gasteiger partial charge in [0.15, 0.2) is 6.29 Å². The predicted molar refractivity (Wildman–Crippen MR) is 42.7 cm³/mol. The SMILES string of the molecule is CO[C@H]1O[C@H](CO)[C@@H](O)[C@@H](O)[C@H]1N. The van der Waals surface area contributed by atoms with Crippen molar-refractivity contribution in [1.29, 1.82) is 0 Å². The average molecular weight is 193 g/mol. The van der Waals surface area contributed by atoms with E-state index in [0.717, 1.165) is 0 Å². The summed E-state index contributed by atoms with van der Waals surface area (Å²) in [4.78, 5) is 0. The second-order valence-electron chi connectivity index (χ2n) is 3.02. The van der Waals surface area contributed by atoms with Gasteiger partial charge < -0.3 is 30.5 Å². The highest BCUT2D eigenvalue weighted by Crippen LogP contribution is 2.19. The van der Waals surface area contributed by atoms with E-state index in [0.29, 0.717) is 0 Å². The van der Waals surface area contributed by atoms with Gasteiger partial charge in [-0.1, -0.05) is 0 Å². The Morgan fingerprint density at radius 3 is 2.46 bits per heavy atom. The molecular weight excluding hydrogens is 178 g/mol. The predicted octanol–water partition coefficient (Wildman–Crippen LogP) is -2.60. The number of hydrogen-bond donors (Lipinski definition) is 4. The summed E-state index contributed by atoms with van der Waals surface area (Å²) in [6.07, 6.45) is -3.96. The van der Waals surface area contributed by atoms with Crippen LogP contribution in [0.1, 0.15) is 0 Å². The van der Waals surface area contributed by atoms with Gasteiger partial charge in [0, 0.05) is 7.11 Å². The van der Waals surface area contributed by atoms with Gasteiger partial charge >= 0.3 is 0 Å². The van der Waals surface area contributed by atoms with E-state index < -0.39 is 30.6 Å². The van der Waals surface area contributed by atoms with Crippen LogP contribution in [0.5, 0.6) is 0 Å². The summed E-state index contributed by atoms with van der Waals surface area (Å²) >= 11 is 0. The molecule has 6 heteroatoms. The van der Waals surface area contributed by atoms with Crippen LogP contribution in [0, 0.1) is 0 Å². The number of rotatable bonds is 2. The molecule has 0 unspecified atom stereocenters. The van der Waals surface area contributed by atoms with E-state index in [-0.39, 0.29) is 6.61 Å². The number of aliphatic hydroxyl groups is 3. The molecule has 1 fully saturated rings. The highest BCUT2D eigenvalue weighted by molar-refractivity contribution is 4.91. The van der Waals surface area contributed by atoms with Crippen molar-refractivity contribution < 1.29 is 24.8 Å². The highest BCUT2D eigenvalue weighted by Gasteiger charge is 2.42. The van der Waals surface area contributed by atoms with E-state index in [9.17, 15) is 10.2 Å². The molecule has 0 aromatic carbocycles. The van der Waals surface area contributed by atoms with Crippen molar-refractivity contribution in [2.24, 2.45) is 5.73 Å². The molecule has 0 radical (unpaired) electrons. The minimum absolute atomic E-state index is 0.384. The maximum Gasteiger partial charge on any atom is 0.175 e. The second kappa shape index (κ2) is 4.32. The lowest BCUT2D eigenvalue weighted by atomic mass is 9.98. The zero-order chi connectivity index (χ0) is 10.0. The van der Waals surface area contributed by atoms with Gasteiger partial charge in [0.25, 0.3) is 0 Å². The van der Waals surface area contributed by atoms with Crippen LogP contribution in [-0.2, 0) is 9.47 Å². The van der Waals surface area contributed by atoms with E-state index in [1.165, 1.54) is 7.11 Å². The zero-order valence-corrected chi connectivity index (χ0v) is 7.33. The van der Waals surface area contributed by atoms with Crippen molar-refractivity contribution in [3.63, 3.8) is 0 Å². The molecule has 1 heterocycles. The molecule has 1 aliphatic rings. The molecule has 0 aromatic heterocycles. The molecule has 0 spiro atoms. The van der Waals surface area contributed by atoms with E-state index in [1.807, 2.05) is 0 Å². The van der Waals surface area contributed by atoms with Crippen LogP contribution < -0.4 is 5.73 Å². The molecule has 0 amide bonds. The van der Waals surface area contributed by atoms with Crippen molar-refractivity contribution in [2.45, 2.75) is 30.6 Å². The quantitative estimate of drug-likeness (QED) is 0.383. The summed E-state index contributed by atoms with van der Waals surface area (Å²) in [6, 6.07) is -0.803. The molecule has 5 N–H and O–H groups in total. The molecule has 1 rings (SSSR count). The van der Waals surface area contributed by atoms with Gasteiger partial charge in [-0.2, -0.15) is 0 Å². The molecule has 0 aromatic rings. The van der Waals surface area contributed by atoms with Gasteiger partial charge in [-0.15, -0.1) is 0 Å². The Bertz CT molecular complexity index is 147. The third-order valence-electron chi connectivity index (χ3n) is 2.16. The molecule has 0 saturated carbocycles. The summed E-state index contributed by atoms with van der Waals surface area (Å²) in [5.74, 6) is 0. The molecule has 0 bridgehead atoms. The molecule has 6 nitrogen and oxygen atoms in total. The van der Waals surface area contributed by atoms with Crippen LogP contribution in [0.2, 0.25) is 0 Å². The molecule has 0 aliphatic carbocycles. The fourth-order valence-electron chi connectivity index (χ4n) is 1.32. The lowest BCUT2D eigenvalue weighted by Gasteiger charge is -2.39. The van der Waals surface area contributed by atoms with Gasteiger partial charge in [0.1, 0.15) is 18.3 Å². The number of ether oxygens (including phenoxy) is 2. The third-order valence-corrected chi connectivity index (χ3v) is 2.16. The summed E-state index contributed by atoms with van der Waals surface area (Å²) in [7, 11) is 1.38. The molecule has 78 valence electrons. The Labute approximate surface area is 75.9 Å². The van der Waals surface area contributed by atoms with Gasteiger partial charge in [-0.25, -0.2) is 0 Å². The molecule has 1 aliphatic heterocycles. The summed E-state index contributed by atoms with van der Waals surface area (Å²) < 4.78 is 9.90. The zero-order valence-electron chi connectivity index (χ0n) is 7.33. The largest absolute Gasteiger partial charge is 0.394 e. The topological polar surface area (TPSA) is 105 Å². The van der Waals surface area contributed by atoms with E-state index >= 15 is 0 Å². The van der Waals surface area contributed by atoms with Gasteiger partial charge in [0.05, 0.1) is 12.6 Å². The first-order valence-electron chi connectivity index (χ1n) is 4.02. The molecule has 1 saturated heterocycles. The Hall–Kier alpha value is -0.240. The monoisotopic (exact) mass is 193 g/mol. The lowest BCUT2D eigenvalue weighted by Crippen LogP contribution is -2.62. The highest BCUT2D eigenvalue weighted by atomic mass is 16.7. The van der Waals surface area contributed by atoms with Crippen molar-refractivity contribution in [1.82, 2.24) is 0 Å². The van der Waals surface area contributed by atoms with Crippen LogP contribution in [0.4, 0.5) is 0 Å². The summed E-state index contributed by atoms with van der Waals surface area (Å²) in [5, 5.41) is 27.5. The summed E-state index contributed by atoms with van der Waals surface area (Å²) in [6.45, 7) is -0.384. The molecule has 5 atom stereocenters. The Balaban J connectivity index is 2.66. The minimum atomic E-state index is -1.17. The second-order valence-corrected chi connectivity index (χ2v) is 3.02. The normalized spacial score (nSPS) is 46.4. The number of hydrogen-bond acceptors (Lipinski definition) is 6. The first-order chi connectivity index (χ1) is 6.11. The van der Waals surface area contributed by atoms with Crippen molar-refractivity contribution in [3.8, 4) is 0 Å². The first-order valence-corrected chi connectivity index (χ1v) is 4.02. The van der Waals surface area contributed by atoms with E-state index in [2.05, 4.69) is 0 Å². The van der Waals surface area contributed by atoms with Crippen LogP contribution in [0.3, 0.4) is 0 Å². The number of aliphatic hydroxyl groups excluding tert-OH is 3. The van der Waals surface area contributed by atoms with Crippen LogP contribution >= 0.6 is 0 Å². The average Bonchev–Trinajstić information content (AvgIpc) is 2.15. The maximum absolute atomic E-state index is 9.40. The Kier molecular flexibility index (Phi) is 3.60. The van der Waals surface area contributed by atoms with Crippen molar-refractivity contribution >= 4 is 0 Å². The van der Waals surface area contributed by atoms with E-state index in [4.69, 9.17) is 20.3 Å². The summed E-state index contributed by atoms with van der Waals surface area (Å²) in [5.41, 5.74) is 5.50. The molecular formula is C7H15NO5. The number of nitrogens with two attached hydrogens (primary N) is 1. The fraction of sp³-hybridized carbons (Fsp3) is 1.00. The fourth-order valence-corrected chi connectivity index (χ4v) is 1.32. The van der Waals surface area contributed by atoms with Crippen LogP contribution in [-0.4, -0.2) is 59.7 Å². The lowest BCUT2D eigenvalue weighted by molar-refractivity contribution is -0.257. The van der Waals surface area contributed by atoms with Crippen LogP contribution in [0.15, 0.2) is 0 Å².